The van der Waals surface area contributed by atoms with Crippen molar-refractivity contribution in [3.05, 3.63) is 58.6 Å². The lowest BCUT2D eigenvalue weighted by molar-refractivity contribution is 0.0786. The van der Waals surface area contributed by atoms with Crippen LogP contribution in [-0.2, 0) is 0 Å². The van der Waals surface area contributed by atoms with Crippen molar-refractivity contribution in [2.45, 2.75) is 19.4 Å². The average Bonchev–Trinajstić information content (AvgIpc) is 2.47. The molecule has 104 valence electrons. The van der Waals surface area contributed by atoms with E-state index in [2.05, 4.69) is 15.9 Å². The summed E-state index contributed by atoms with van der Waals surface area (Å²) in [4.78, 5) is 12.4. The van der Waals surface area contributed by atoms with E-state index in [9.17, 15) is 4.79 Å². The molecule has 2 aromatic carbocycles. The molecule has 0 aromatic heterocycles. The van der Waals surface area contributed by atoms with Gasteiger partial charge in [0.05, 0.1) is 0 Å². The minimum absolute atomic E-state index is 0.0168. The third kappa shape index (κ3) is 3.61. The topological polar surface area (TPSA) is 52.3 Å². The van der Waals surface area contributed by atoms with Gasteiger partial charge in [-0.1, -0.05) is 35.0 Å². The molecule has 3 nitrogen and oxygen atoms in total. The summed E-state index contributed by atoms with van der Waals surface area (Å²) >= 11 is 3.35. The van der Waals surface area contributed by atoms with Crippen molar-refractivity contribution in [3.63, 3.8) is 0 Å². The van der Waals surface area contributed by atoms with Crippen LogP contribution in [0.5, 0.6) is 5.75 Å². The van der Waals surface area contributed by atoms with Gasteiger partial charge >= 0.3 is 0 Å². The standard InChI is InChI=1S/C16H16BrNO2/c1-2-15(20-14-9-7-13(18)8-10-14)16(19)11-3-5-12(17)6-4-11/h3-10,15H,2,18H2,1H3. The number of nitrogen functional groups attached to an aromatic ring is 1. The smallest absolute Gasteiger partial charge is 0.203 e. The first-order chi connectivity index (χ1) is 9.60. The lowest BCUT2D eigenvalue weighted by Gasteiger charge is -2.16. The summed E-state index contributed by atoms with van der Waals surface area (Å²) in [6.45, 7) is 1.93. The quantitative estimate of drug-likeness (QED) is 0.662. The van der Waals surface area contributed by atoms with Gasteiger partial charge in [-0.15, -0.1) is 0 Å². The number of hydrogen-bond acceptors (Lipinski definition) is 3. The highest BCUT2D eigenvalue weighted by atomic mass is 79.9. The third-order valence-corrected chi connectivity index (χ3v) is 3.48. The Kier molecular flexibility index (Phi) is 4.79. The largest absolute Gasteiger partial charge is 0.482 e. The summed E-state index contributed by atoms with van der Waals surface area (Å²) in [6.07, 6.45) is 0.124. The van der Waals surface area contributed by atoms with E-state index >= 15 is 0 Å². The van der Waals surface area contributed by atoms with E-state index in [-0.39, 0.29) is 5.78 Å². The van der Waals surface area contributed by atoms with Crippen LogP contribution in [0.2, 0.25) is 0 Å². The van der Waals surface area contributed by atoms with Crippen molar-refractivity contribution in [3.8, 4) is 5.75 Å². The molecular formula is C16H16BrNO2. The Morgan fingerprint density at radius 3 is 2.30 bits per heavy atom. The van der Waals surface area contributed by atoms with Gasteiger partial charge in [0.2, 0.25) is 5.78 Å². The van der Waals surface area contributed by atoms with Crippen molar-refractivity contribution < 1.29 is 9.53 Å². The van der Waals surface area contributed by atoms with Crippen LogP contribution in [0.15, 0.2) is 53.0 Å². The maximum Gasteiger partial charge on any atom is 0.203 e. The molecule has 2 rings (SSSR count). The number of carbonyl (C=O) groups excluding carboxylic acids is 1. The SMILES string of the molecule is CCC(Oc1ccc(N)cc1)C(=O)c1ccc(Br)cc1. The van der Waals surface area contributed by atoms with Gasteiger partial charge in [0.1, 0.15) is 5.75 Å². The van der Waals surface area contributed by atoms with Crippen LogP contribution in [-0.4, -0.2) is 11.9 Å². The van der Waals surface area contributed by atoms with Gasteiger partial charge < -0.3 is 10.5 Å². The number of halogens is 1. The first kappa shape index (κ1) is 14.6. The molecule has 0 fully saturated rings. The second kappa shape index (κ2) is 6.57. The van der Waals surface area contributed by atoms with Gasteiger partial charge in [0, 0.05) is 15.7 Å². The zero-order valence-electron chi connectivity index (χ0n) is 11.2. The number of ketones is 1. The molecule has 1 unspecified atom stereocenters. The van der Waals surface area contributed by atoms with Crippen LogP contribution in [0.4, 0.5) is 5.69 Å². The van der Waals surface area contributed by atoms with Crippen LogP contribution in [0.25, 0.3) is 0 Å². The van der Waals surface area contributed by atoms with E-state index < -0.39 is 6.10 Å². The van der Waals surface area contributed by atoms with Gasteiger partial charge in [-0.05, 0) is 42.8 Å². The Labute approximate surface area is 126 Å². The van der Waals surface area contributed by atoms with Gasteiger partial charge in [-0.2, -0.15) is 0 Å². The van der Waals surface area contributed by atoms with Crippen LogP contribution < -0.4 is 10.5 Å². The molecule has 0 amide bonds. The van der Waals surface area contributed by atoms with Crippen molar-refractivity contribution >= 4 is 27.4 Å². The van der Waals surface area contributed by atoms with Crippen LogP contribution >= 0.6 is 15.9 Å². The molecule has 0 saturated heterocycles. The summed E-state index contributed by atoms with van der Waals surface area (Å²) in [5, 5.41) is 0. The third-order valence-electron chi connectivity index (χ3n) is 2.95. The first-order valence-corrected chi connectivity index (χ1v) is 7.21. The van der Waals surface area contributed by atoms with E-state index in [1.165, 1.54) is 0 Å². The first-order valence-electron chi connectivity index (χ1n) is 6.42. The molecule has 0 bridgehead atoms. The summed E-state index contributed by atoms with van der Waals surface area (Å²) < 4.78 is 6.69. The summed E-state index contributed by atoms with van der Waals surface area (Å²) in [7, 11) is 0. The van der Waals surface area contributed by atoms with E-state index in [1.807, 2.05) is 19.1 Å². The van der Waals surface area contributed by atoms with E-state index in [0.29, 0.717) is 23.4 Å². The monoisotopic (exact) mass is 333 g/mol. The Balaban J connectivity index is 2.13. The Bertz CT molecular complexity index is 578. The van der Waals surface area contributed by atoms with Crippen LogP contribution in [0, 0.1) is 0 Å². The maximum atomic E-state index is 12.4. The van der Waals surface area contributed by atoms with Crippen molar-refractivity contribution in [2.75, 3.05) is 5.73 Å². The molecule has 0 aliphatic rings. The fourth-order valence-electron chi connectivity index (χ4n) is 1.83. The number of Topliss-reactive ketones (excluding diaryl/α,β-unsaturated/α-hetero) is 1. The Hall–Kier alpha value is -1.81. The zero-order valence-corrected chi connectivity index (χ0v) is 12.8. The number of benzene rings is 2. The highest BCUT2D eigenvalue weighted by Gasteiger charge is 2.20. The van der Waals surface area contributed by atoms with Gasteiger partial charge in [-0.25, -0.2) is 0 Å². The molecule has 2 aromatic rings. The molecule has 0 saturated carbocycles. The molecular weight excluding hydrogens is 318 g/mol. The van der Waals surface area contributed by atoms with Crippen molar-refractivity contribution in [2.24, 2.45) is 0 Å². The molecule has 4 heteroatoms. The second-order valence-electron chi connectivity index (χ2n) is 4.45. The molecule has 0 aliphatic carbocycles. The normalized spacial score (nSPS) is 11.9. The van der Waals surface area contributed by atoms with Gasteiger partial charge in [0.15, 0.2) is 6.10 Å². The lowest BCUT2D eigenvalue weighted by atomic mass is 10.0. The Morgan fingerprint density at radius 2 is 1.75 bits per heavy atom. The van der Waals surface area contributed by atoms with Gasteiger partial charge in [-0.3, -0.25) is 4.79 Å². The van der Waals surface area contributed by atoms with Crippen LogP contribution in [0.3, 0.4) is 0 Å². The number of anilines is 1. The Morgan fingerprint density at radius 1 is 1.15 bits per heavy atom. The lowest BCUT2D eigenvalue weighted by Crippen LogP contribution is -2.26. The zero-order chi connectivity index (χ0) is 14.5. The number of rotatable bonds is 5. The van der Waals surface area contributed by atoms with Crippen molar-refractivity contribution in [1.29, 1.82) is 0 Å². The number of carbonyl (C=O) groups is 1. The summed E-state index contributed by atoms with van der Waals surface area (Å²) in [5.74, 6) is 0.633. The fraction of sp³-hybridized carbons (Fsp3) is 0.188. The molecule has 1 atom stereocenters. The number of ether oxygens (including phenoxy) is 1. The summed E-state index contributed by atoms with van der Waals surface area (Å²) in [5.41, 5.74) is 6.95. The van der Waals surface area contributed by atoms with Crippen LogP contribution in [0.1, 0.15) is 23.7 Å². The number of hydrogen-bond donors (Lipinski definition) is 1. The van der Waals surface area contributed by atoms with E-state index in [4.69, 9.17) is 10.5 Å². The second-order valence-corrected chi connectivity index (χ2v) is 5.37. The molecule has 0 radical (unpaired) electrons. The summed E-state index contributed by atoms with van der Waals surface area (Å²) in [6, 6.07) is 14.3. The molecule has 0 aliphatic heterocycles. The van der Waals surface area contributed by atoms with E-state index in [0.717, 1.165) is 4.47 Å². The predicted molar refractivity (Wildman–Crippen MR) is 84.0 cm³/mol. The highest BCUT2D eigenvalue weighted by Crippen LogP contribution is 2.19. The van der Waals surface area contributed by atoms with E-state index in [1.54, 1.807) is 36.4 Å². The highest BCUT2D eigenvalue weighted by molar-refractivity contribution is 9.10. The molecule has 0 spiro atoms. The number of nitrogens with two attached hydrogens (primary N) is 1. The molecule has 20 heavy (non-hydrogen) atoms. The maximum absolute atomic E-state index is 12.4. The molecule has 0 heterocycles. The average molecular weight is 334 g/mol. The predicted octanol–water partition coefficient (Wildman–Crippen LogP) is 4.07. The van der Waals surface area contributed by atoms with Gasteiger partial charge in [0.25, 0.3) is 0 Å². The fourth-order valence-corrected chi connectivity index (χ4v) is 2.10. The van der Waals surface area contributed by atoms with Crippen molar-refractivity contribution in [1.82, 2.24) is 0 Å². The minimum atomic E-state index is -0.486. The minimum Gasteiger partial charge on any atom is -0.482 e. The molecule has 2 N–H and O–H groups in total.